The summed E-state index contributed by atoms with van der Waals surface area (Å²) in [4.78, 5) is 0. The largest absolute Gasteiger partial charge is 0.396 e. The van der Waals surface area contributed by atoms with Crippen LogP contribution in [-0.2, 0) is 0 Å². The van der Waals surface area contributed by atoms with Crippen molar-refractivity contribution in [2.24, 2.45) is 5.73 Å². The first kappa shape index (κ1) is 10.2. The Morgan fingerprint density at radius 2 is 2.50 bits per heavy atom. The maximum atomic E-state index is 8.69. The Bertz CT molecular complexity index is 201. The lowest BCUT2D eigenvalue weighted by molar-refractivity contribution is 0.281. The van der Waals surface area contributed by atoms with Gasteiger partial charge in [0.25, 0.3) is 0 Å². The molecule has 0 saturated heterocycles. The van der Waals surface area contributed by atoms with Crippen LogP contribution in [0, 0.1) is 0 Å². The minimum Gasteiger partial charge on any atom is -0.396 e. The van der Waals surface area contributed by atoms with E-state index in [0.29, 0.717) is 10.3 Å². The van der Waals surface area contributed by atoms with Crippen LogP contribution in [0.5, 0.6) is 0 Å². The molecule has 0 bridgehead atoms. The molecule has 2 nitrogen and oxygen atoms in total. The van der Waals surface area contributed by atoms with Crippen LogP contribution in [0.2, 0.25) is 0 Å². The molecular weight excluding hydrogens is 265 g/mol. The van der Waals surface area contributed by atoms with Crippen molar-refractivity contribution >= 4 is 22.6 Å². The fraction of sp³-hybridized carbons (Fsp3) is 0.556. The van der Waals surface area contributed by atoms with Crippen LogP contribution in [0.15, 0.2) is 23.8 Å². The summed E-state index contributed by atoms with van der Waals surface area (Å²) in [6.45, 7) is 0.167. The summed E-state index contributed by atoms with van der Waals surface area (Å²) in [7, 11) is 0. The van der Waals surface area contributed by atoms with E-state index in [1.807, 2.05) is 0 Å². The van der Waals surface area contributed by atoms with Crippen molar-refractivity contribution in [1.82, 2.24) is 0 Å². The highest BCUT2D eigenvalue weighted by molar-refractivity contribution is 14.1. The molecule has 1 unspecified atom stereocenters. The molecule has 68 valence electrons. The summed E-state index contributed by atoms with van der Waals surface area (Å²) in [5, 5.41) is 8.69. The van der Waals surface area contributed by atoms with Crippen molar-refractivity contribution in [3.63, 3.8) is 0 Å². The third-order valence-corrected chi connectivity index (χ3v) is 2.87. The van der Waals surface area contributed by atoms with Gasteiger partial charge in [0.05, 0.1) is 0 Å². The highest BCUT2D eigenvalue weighted by atomic mass is 127. The van der Waals surface area contributed by atoms with Gasteiger partial charge in [-0.1, -0.05) is 40.8 Å². The molecule has 3 heteroatoms. The minimum absolute atomic E-state index is 0.00940. The van der Waals surface area contributed by atoms with Crippen LogP contribution in [0.25, 0.3) is 0 Å². The Labute approximate surface area is 86.7 Å². The first-order valence-electron chi connectivity index (χ1n) is 4.13. The Kier molecular flexibility index (Phi) is 4.25. The van der Waals surface area contributed by atoms with Gasteiger partial charge in [-0.3, -0.25) is 0 Å². The average Bonchev–Trinajstić information content (AvgIpc) is 2.06. The predicted octanol–water partition coefficient (Wildman–Crippen LogP) is 1.39. The number of hydrogen-bond donors (Lipinski definition) is 2. The number of rotatable bonds is 3. The van der Waals surface area contributed by atoms with Crippen molar-refractivity contribution in [3.05, 3.63) is 23.8 Å². The molecule has 0 spiro atoms. The summed E-state index contributed by atoms with van der Waals surface area (Å²) in [6.07, 6.45) is 8.11. The Morgan fingerprint density at radius 1 is 1.75 bits per heavy atom. The number of alkyl halides is 1. The van der Waals surface area contributed by atoms with Crippen LogP contribution < -0.4 is 5.73 Å². The maximum Gasteiger partial charge on any atom is 0.0449 e. The van der Waals surface area contributed by atoms with Crippen molar-refractivity contribution in [1.29, 1.82) is 0 Å². The molecule has 0 heterocycles. The van der Waals surface area contributed by atoms with Crippen molar-refractivity contribution in [3.8, 4) is 0 Å². The Hall–Kier alpha value is 0.130. The SMILES string of the molecule is N[C@H](CCO)C1=CCC(I)C=C1. The molecule has 1 aliphatic rings. The molecule has 0 aromatic rings. The summed E-state index contributed by atoms with van der Waals surface area (Å²) >= 11 is 2.39. The van der Waals surface area contributed by atoms with Crippen LogP contribution in [-0.4, -0.2) is 21.7 Å². The van der Waals surface area contributed by atoms with E-state index in [1.54, 1.807) is 0 Å². The van der Waals surface area contributed by atoms with Crippen molar-refractivity contribution in [2.45, 2.75) is 22.8 Å². The molecule has 0 aromatic heterocycles. The monoisotopic (exact) mass is 279 g/mol. The van der Waals surface area contributed by atoms with Gasteiger partial charge in [-0.2, -0.15) is 0 Å². The number of hydrogen-bond acceptors (Lipinski definition) is 2. The first-order valence-corrected chi connectivity index (χ1v) is 5.37. The van der Waals surface area contributed by atoms with Gasteiger partial charge < -0.3 is 10.8 Å². The Morgan fingerprint density at radius 3 is 3.00 bits per heavy atom. The van der Waals surface area contributed by atoms with Gasteiger partial charge in [-0.15, -0.1) is 0 Å². The molecule has 1 rings (SSSR count). The third-order valence-electron chi connectivity index (χ3n) is 1.94. The lowest BCUT2D eigenvalue weighted by atomic mass is 9.99. The van der Waals surface area contributed by atoms with Crippen molar-refractivity contribution < 1.29 is 5.11 Å². The normalized spacial score (nSPS) is 25.2. The minimum atomic E-state index is 0.00940. The number of nitrogens with two attached hydrogens (primary N) is 1. The van der Waals surface area contributed by atoms with E-state index in [1.165, 1.54) is 0 Å². The Balaban J connectivity index is 2.48. The molecule has 2 atom stereocenters. The second kappa shape index (κ2) is 4.99. The van der Waals surface area contributed by atoms with Gasteiger partial charge in [-0.25, -0.2) is 0 Å². The molecule has 1 aliphatic carbocycles. The molecule has 0 radical (unpaired) electrons. The second-order valence-corrected chi connectivity index (χ2v) is 4.53. The van der Waals surface area contributed by atoms with Crippen LogP contribution in [0.3, 0.4) is 0 Å². The topological polar surface area (TPSA) is 46.2 Å². The zero-order valence-electron chi connectivity index (χ0n) is 6.91. The molecule has 0 aromatic carbocycles. The number of aliphatic hydroxyl groups is 1. The van der Waals surface area contributed by atoms with E-state index in [0.717, 1.165) is 12.0 Å². The van der Waals surface area contributed by atoms with Crippen LogP contribution in [0.1, 0.15) is 12.8 Å². The first-order chi connectivity index (χ1) is 5.74. The van der Waals surface area contributed by atoms with Crippen LogP contribution >= 0.6 is 22.6 Å². The summed E-state index contributed by atoms with van der Waals surface area (Å²) in [6, 6.07) is 0.00940. The average molecular weight is 279 g/mol. The highest BCUT2D eigenvalue weighted by Crippen LogP contribution is 2.19. The van der Waals surface area contributed by atoms with E-state index in [4.69, 9.17) is 10.8 Å². The van der Waals surface area contributed by atoms with E-state index in [-0.39, 0.29) is 12.6 Å². The van der Waals surface area contributed by atoms with Crippen molar-refractivity contribution in [2.75, 3.05) is 6.61 Å². The van der Waals surface area contributed by atoms with E-state index in [2.05, 4.69) is 40.8 Å². The fourth-order valence-electron chi connectivity index (χ4n) is 1.19. The van der Waals surface area contributed by atoms with Gasteiger partial charge in [0.2, 0.25) is 0 Å². The van der Waals surface area contributed by atoms with Gasteiger partial charge in [0, 0.05) is 16.6 Å². The number of allylic oxidation sites excluding steroid dienone is 2. The molecule has 0 aliphatic heterocycles. The van der Waals surface area contributed by atoms with E-state index >= 15 is 0 Å². The van der Waals surface area contributed by atoms with Gasteiger partial charge in [-0.05, 0) is 18.4 Å². The molecule has 0 fully saturated rings. The summed E-state index contributed by atoms with van der Waals surface area (Å²) in [5.41, 5.74) is 6.99. The molecule has 12 heavy (non-hydrogen) atoms. The second-order valence-electron chi connectivity index (χ2n) is 2.93. The lowest BCUT2D eigenvalue weighted by Gasteiger charge is -2.16. The third kappa shape index (κ3) is 2.88. The molecular formula is C9H14INO. The molecule has 3 N–H and O–H groups in total. The lowest BCUT2D eigenvalue weighted by Crippen LogP contribution is -2.24. The summed E-state index contributed by atoms with van der Waals surface area (Å²) < 4.78 is 0.604. The number of aliphatic hydroxyl groups excluding tert-OH is 1. The quantitative estimate of drug-likeness (QED) is 0.605. The van der Waals surface area contributed by atoms with Gasteiger partial charge >= 0.3 is 0 Å². The van der Waals surface area contributed by atoms with Gasteiger partial charge in [0.15, 0.2) is 0 Å². The predicted molar refractivity (Wildman–Crippen MR) is 59.3 cm³/mol. The number of halogens is 1. The highest BCUT2D eigenvalue weighted by Gasteiger charge is 2.10. The molecule has 0 saturated carbocycles. The zero-order valence-corrected chi connectivity index (χ0v) is 9.07. The molecule has 0 amide bonds. The smallest absolute Gasteiger partial charge is 0.0449 e. The van der Waals surface area contributed by atoms with Crippen LogP contribution in [0.4, 0.5) is 0 Å². The van der Waals surface area contributed by atoms with Gasteiger partial charge in [0.1, 0.15) is 0 Å². The van der Waals surface area contributed by atoms with E-state index in [9.17, 15) is 0 Å². The summed E-state index contributed by atoms with van der Waals surface area (Å²) in [5.74, 6) is 0. The standard InChI is InChI=1S/C9H14INO/c10-8-3-1-7(2-4-8)9(11)5-6-12/h1-3,8-9,12H,4-6,11H2/t8?,9-/m1/s1. The fourth-order valence-corrected chi connectivity index (χ4v) is 1.65. The maximum absolute atomic E-state index is 8.69. The van der Waals surface area contributed by atoms with E-state index < -0.39 is 0 Å². The zero-order chi connectivity index (χ0) is 8.97.